The number of para-hydroxylation sites is 1. The number of nitrogens with zero attached hydrogens (tertiary/aromatic N) is 3. The van der Waals surface area contributed by atoms with Gasteiger partial charge >= 0.3 is 94.9 Å². The van der Waals surface area contributed by atoms with E-state index in [-0.39, 0.29) is 113 Å². The molecule has 4 N–H and O–H groups in total. The Labute approximate surface area is 851 Å². The molecular formula is C106H151N3Na2O23P2. The summed E-state index contributed by atoms with van der Waals surface area (Å²) in [4.78, 5) is 102. The molecule has 4 unspecified atom stereocenters. The number of hydrogen-bond acceptors (Lipinski definition) is 22. The Morgan fingerprint density at radius 3 is 1.23 bits per heavy atom. The zero-order valence-electron chi connectivity index (χ0n) is 83.0. The molecule has 0 radical (unpaired) electrons. The van der Waals surface area contributed by atoms with Crippen LogP contribution in [0.4, 0.5) is 5.69 Å². The fraction of sp³-hybridized carbons (Fsp3) is 0.557. The number of phenols is 1. The first kappa shape index (κ1) is 121. The molecule has 0 saturated heterocycles. The minimum Gasteiger partial charge on any atom is -0.872 e. The maximum atomic E-state index is 12.9. The van der Waals surface area contributed by atoms with E-state index in [9.17, 15) is 73.2 Å². The van der Waals surface area contributed by atoms with E-state index in [1.807, 2.05) is 0 Å². The van der Waals surface area contributed by atoms with Crippen LogP contribution in [0.2, 0.25) is 0 Å². The van der Waals surface area contributed by atoms with Gasteiger partial charge in [0, 0.05) is 98.1 Å². The standard InChI is InChI=1S/C57H110O17P2.C26H28N3.C23H16O6.2Na/c1-5-9-13-17-21-25-29-33-37-41-54(59)67-47-52(73-56(61)43-39-35-31-27-23-19-15-11-7-3)49-71-75(63,64)69-45-51(58)46-70-76(65,66)72-50-53(74-57(62)44-40-36-32-28-24-20-16-12-8-4)48-68-55(60)42-38-34-30-26-22-18-14-10-6-2;1-19-17-21(20(2)29(19)24-9-7-6-8-10-24)11-13-23-14-12-22-18-25(27(3)4)15-16-26(22)28(23)5;24-20-16(14-7-3-1-5-12(14)9-18(20)22(26)27)11-17-15-8-4-2-6-13(15)10-19(21(17)25)23(28)29;;/h51-53,58H,5-50H2,1-4H3,(H,63,64)(H,65,66);6-18H,1-5H3;1-10,24-25H,11H2,(H,26,27)(H,28,29);;/q;+1;;2*+1/p-3. The molecule has 4 atom stereocenters. The Morgan fingerprint density at radius 1 is 0.441 bits per heavy atom. The molecule has 0 saturated carbocycles. The number of carbonyl (C=O) groups is 6. The minimum absolute atomic E-state index is 0. The molecule has 136 heavy (non-hydrogen) atoms. The molecule has 8 rings (SSSR count). The van der Waals surface area contributed by atoms with E-state index in [1.165, 1.54) is 160 Å². The van der Waals surface area contributed by atoms with Gasteiger partial charge in [-0.15, -0.1) is 0 Å². The van der Waals surface area contributed by atoms with E-state index in [1.54, 1.807) is 48.5 Å². The number of rotatable bonds is 66. The number of aromatic hydroxyl groups is 1. The van der Waals surface area contributed by atoms with Gasteiger partial charge in [-0.2, -0.15) is 4.57 Å². The summed E-state index contributed by atoms with van der Waals surface area (Å²) < 4.78 is 71.2. The quantitative estimate of drug-likeness (QED) is 0.00687. The zero-order valence-corrected chi connectivity index (χ0v) is 88.8. The average molecular weight is 1940 g/mol. The Kier molecular flexibility index (Phi) is 61.1. The number of unbranched alkanes of at least 4 members (excludes halogenated alkanes) is 32. The largest absolute Gasteiger partial charge is 1.00 e. The smallest absolute Gasteiger partial charge is 0.872 e. The first-order chi connectivity index (χ1) is 64.5. The number of aryl methyl sites for hydroxylation is 2. The monoisotopic (exact) mass is 1940 g/mol. The molecular weight excluding hydrogens is 1790 g/mol. The number of aliphatic hydroxyl groups is 1. The maximum Gasteiger partial charge on any atom is 1.00 e. The first-order valence-corrected chi connectivity index (χ1v) is 51.9. The topological polar surface area (TPSA) is 373 Å². The second-order valence-electron chi connectivity index (χ2n) is 35.1. The SMILES string of the molecule is CCCCCCCCCCCC(=O)OCC(COP(=O)([O-])OCC(O)COP(=O)([O-])OCC(COC(=O)CCCCCCCCCCC)OC(=O)CCCCCCCCCCC)OC(=O)CCCCCCCCCCC.Cc1cc(C=Cc2ccc3cc(N(C)C)ccc3[n+]2C)c(C)n1-c1ccccc1.O=C(O)c1cc2ccccc2c(Cc2c(O)c(C(=O)O)cc3ccccc23)c1[O-].[Na+].[Na+]. The third kappa shape index (κ3) is 46.4. The normalized spacial score (nSPS) is 12.8. The van der Waals surface area contributed by atoms with Crippen LogP contribution < -0.4 is 83.5 Å². The first-order valence-electron chi connectivity index (χ1n) is 49.0. The van der Waals surface area contributed by atoms with Gasteiger partial charge in [0.05, 0.1) is 32.0 Å². The van der Waals surface area contributed by atoms with Crippen LogP contribution in [0.1, 0.15) is 339 Å². The summed E-state index contributed by atoms with van der Waals surface area (Å²) in [5.41, 5.74) is 8.40. The van der Waals surface area contributed by atoms with Crippen molar-refractivity contribution in [3.63, 3.8) is 0 Å². The van der Waals surface area contributed by atoms with Gasteiger partial charge in [-0.3, -0.25) is 28.3 Å². The average Bonchev–Trinajstić information content (AvgIpc) is 0.949. The van der Waals surface area contributed by atoms with Gasteiger partial charge in [-0.05, 0) is 127 Å². The predicted molar refractivity (Wildman–Crippen MR) is 523 cm³/mol. The van der Waals surface area contributed by atoms with Gasteiger partial charge in [-0.1, -0.05) is 306 Å². The van der Waals surface area contributed by atoms with Crippen LogP contribution in [0, 0.1) is 13.8 Å². The van der Waals surface area contributed by atoms with Crippen molar-refractivity contribution in [3.05, 3.63) is 172 Å². The fourth-order valence-corrected chi connectivity index (χ4v) is 17.6. The Balaban J connectivity index is 0.000000514. The molecule has 0 spiro atoms. The van der Waals surface area contributed by atoms with Crippen molar-refractivity contribution in [1.82, 2.24) is 4.57 Å². The molecule has 0 fully saturated rings. The van der Waals surface area contributed by atoms with E-state index in [2.05, 4.69) is 156 Å². The number of aromatic nitrogens is 2. The third-order valence-electron chi connectivity index (χ3n) is 23.8. The van der Waals surface area contributed by atoms with Gasteiger partial charge in [0.2, 0.25) is 11.2 Å². The molecule has 2 heterocycles. The van der Waals surface area contributed by atoms with Gasteiger partial charge in [-0.25, -0.2) is 9.59 Å². The van der Waals surface area contributed by atoms with Crippen molar-refractivity contribution in [3.8, 4) is 17.2 Å². The van der Waals surface area contributed by atoms with E-state index in [0.717, 1.165) is 103 Å². The molecule has 0 aliphatic heterocycles. The van der Waals surface area contributed by atoms with Crippen molar-refractivity contribution in [2.24, 2.45) is 7.05 Å². The number of fused-ring (bicyclic) bond motifs is 3. The summed E-state index contributed by atoms with van der Waals surface area (Å²) in [5.74, 6) is -5.95. The van der Waals surface area contributed by atoms with Crippen LogP contribution in [0.15, 0.2) is 127 Å². The predicted octanol–water partition coefficient (Wildman–Crippen LogP) is 17.0. The number of aliphatic hydroxyl groups excluding tert-OH is 1. The molecule has 0 aliphatic rings. The number of carbonyl (C=O) groups excluding carboxylic acids is 4. The van der Waals surface area contributed by atoms with Gasteiger partial charge in [0.15, 0.2) is 12.2 Å². The summed E-state index contributed by atoms with van der Waals surface area (Å²) >= 11 is 0. The van der Waals surface area contributed by atoms with Crippen molar-refractivity contribution in [1.29, 1.82) is 0 Å². The number of phosphoric ester groups is 2. The molecule has 6 aromatic carbocycles. The number of phosphoric acid groups is 2. The molecule has 740 valence electrons. The fourth-order valence-electron chi connectivity index (χ4n) is 16.0. The number of hydrogen-bond donors (Lipinski definition) is 4. The molecule has 0 aliphatic carbocycles. The minimum atomic E-state index is -5.20. The van der Waals surface area contributed by atoms with Crippen molar-refractivity contribution < 1.29 is 174 Å². The number of ether oxygens (including phenoxy) is 4. The number of carboxylic acids is 2. The van der Waals surface area contributed by atoms with Crippen LogP contribution in [0.3, 0.4) is 0 Å². The van der Waals surface area contributed by atoms with Crippen molar-refractivity contribution >= 4 is 102 Å². The summed E-state index contributed by atoms with van der Waals surface area (Å²) in [6.45, 7) is 8.71. The Morgan fingerprint density at radius 2 is 0.816 bits per heavy atom. The van der Waals surface area contributed by atoms with E-state index >= 15 is 0 Å². The van der Waals surface area contributed by atoms with Crippen LogP contribution in [0.5, 0.6) is 11.5 Å². The number of anilines is 1. The van der Waals surface area contributed by atoms with Crippen LogP contribution >= 0.6 is 15.6 Å². The van der Waals surface area contributed by atoms with Crippen molar-refractivity contribution in [2.45, 2.75) is 323 Å². The van der Waals surface area contributed by atoms with Crippen LogP contribution in [-0.4, -0.2) is 133 Å². The molecule has 0 amide bonds. The molecule has 30 heteroatoms. The summed E-state index contributed by atoms with van der Waals surface area (Å²) in [7, 11) is -4.12. The number of benzene rings is 6. The van der Waals surface area contributed by atoms with Crippen LogP contribution in [0.25, 0.3) is 50.3 Å². The molecule has 26 nitrogen and oxygen atoms in total. The number of pyridine rings is 1. The number of esters is 4. The number of carboxylic acid groups (broad SMARTS) is 2. The van der Waals surface area contributed by atoms with E-state index < -0.39 is 121 Å². The summed E-state index contributed by atoms with van der Waals surface area (Å²) in [6.07, 6.45) is 38.5. The van der Waals surface area contributed by atoms with Gasteiger partial charge < -0.3 is 81.8 Å². The number of aromatic carboxylic acids is 2. The molecule has 2 aromatic heterocycles. The Hall–Kier alpha value is -7.33. The zero-order chi connectivity index (χ0) is 97.5. The second-order valence-corrected chi connectivity index (χ2v) is 38.0. The maximum absolute atomic E-state index is 12.9. The molecule has 8 aromatic rings. The van der Waals surface area contributed by atoms with E-state index in [4.69, 9.17) is 37.0 Å². The van der Waals surface area contributed by atoms with Crippen molar-refractivity contribution in [2.75, 3.05) is 58.6 Å². The van der Waals surface area contributed by atoms with E-state index in [0.29, 0.717) is 47.2 Å². The summed E-state index contributed by atoms with van der Waals surface area (Å²) in [6, 6.07) is 40.3. The second kappa shape index (κ2) is 68.7. The Bertz CT molecular complexity index is 4780. The van der Waals surface area contributed by atoms with Gasteiger partial charge in [0.25, 0.3) is 15.6 Å². The summed E-state index contributed by atoms with van der Waals surface area (Å²) in [5, 5.41) is 56.5. The third-order valence-corrected chi connectivity index (χ3v) is 25.6. The molecule has 0 bridgehead atoms. The van der Waals surface area contributed by atoms with Crippen LogP contribution in [-0.2, 0) is 78.8 Å². The van der Waals surface area contributed by atoms with Gasteiger partial charge in [0.1, 0.15) is 37.7 Å².